The summed E-state index contributed by atoms with van der Waals surface area (Å²) in [5.74, 6) is -0.356. The van der Waals surface area contributed by atoms with E-state index in [1.807, 2.05) is 18.9 Å². The molecule has 0 saturated carbocycles. The van der Waals surface area contributed by atoms with E-state index >= 15 is 0 Å². The Kier molecular flexibility index (Phi) is 8.94. The van der Waals surface area contributed by atoms with Gasteiger partial charge in [0, 0.05) is 32.7 Å². The maximum absolute atomic E-state index is 13.4. The summed E-state index contributed by atoms with van der Waals surface area (Å²) in [5, 5.41) is 0. The Morgan fingerprint density at radius 2 is 1.67 bits per heavy atom. The van der Waals surface area contributed by atoms with Crippen molar-refractivity contribution in [1.29, 1.82) is 0 Å². The molecule has 0 aromatic carbocycles. The van der Waals surface area contributed by atoms with Crippen molar-refractivity contribution >= 4 is 17.7 Å². The lowest BCUT2D eigenvalue weighted by Crippen LogP contribution is -2.60. The molecular formula is C28H49N3O5. The lowest BCUT2D eigenvalue weighted by Gasteiger charge is -2.48. The molecular weight excluding hydrogens is 458 g/mol. The summed E-state index contributed by atoms with van der Waals surface area (Å²) in [6.07, 6.45) is 4.83. The second kappa shape index (κ2) is 11.1. The predicted octanol–water partition coefficient (Wildman–Crippen LogP) is 2.98. The summed E-state index contributed by atoms with van der Waals surface area (Å²) in [7, 11) is 5.85. The highest BCUT2D eigenvalue weighted by molar-refractivity contribution is 6.03. The SMILES string of the molecule is COC1(C)CC(C)CN(C)C2(CCN(C(=O)[C@H]3CCCN3C)CC2)COC(=O)C(C)(C)C(=O)C(C)C1. The summed E-state index contributed by atoms with van der Waals surface area (Å²) in [6.45, 7) is 12.8. The van der Waals surface area contributed by atoms with Crippen molar-refractivity contribution in [1.82, 2.24) is 14.7 Å². The minimum absolute atomic E-state index is 0.0183. The van der Waals surface area contributed by atoms with Gasteiger partial charge in [0.2, 0.25) is 5.91 Å². The Labute approximate surface area is 218 Å². The minimum Gasteiger partial charge on any atom is -0.463 e. The van der Waals surface area contributed by atoms with Crippen LogP contribution in [0.2, 0.25) is 0 Å². The predicted molar refractivity (Wildman–Crippen MR) is 140 cm³/mol. The number of rotatable bonds is 2. The molecule has 1 spiro atoms. The van der Waals surface area contributed by atoms with Gasteiger partial charge in [0.05, 0.1) is 17.2 Å². The second-order valence-corrected chi connectivity index (χ2v) is 12.7. The normalized spacial score (nSPS) is 35.1. The van der Waals surface area contributed by atoms with Crippen LogP contribution < -0.4 is 0 Å². The van der Waals surface area contributed by atoms with Gasteiger partial charge in [-0.25, -0.2) is 0 Å². The zero-order valence-electron chi connectivity index (χ0n) is 23.9. The van der Waals surface area contributed by atoms with Crippen LogP contribution in [0.4, 0.5) is 0 Å². The fraction of sp³-hybridized carbons (Fsp3) is 0.893. The van der Waals surface area contributed by atoms with Gasteiger partial charge >= 0.3 is 5.97 Å². The highest BCUT2D eigenvalue weighted by Gasteiger charge is 2.47. The molecule has 3 aliphatic rings. The number of ketones is 1. The number of carbonyl (C=O) groups excluding carboxylic acids is 3. The van der Waals surface area contributed by atoms with Gasteiger partial charge < -0.3 is 14.4 Å². The van der Waals surface area contributed by atoms with Crippen LogP contribution >= 0.6 is 0 Å². The van der Waals surface area contributed by atoms with Gasteiger partial charge in [-0.05, 0) is 85.9 Å². The molecule has 3 unspecified atom stereocenters. The molecule has 0 aromatic rings. The summed E-state index contributed by atoms with van der Waals surface area (Å²) in [5.41, 5.74) is -2.05. The van der Waals surface area contributed by atoms with E-state index in [0.717, 1.165) is 45.2 Å². The molecule has 4 atom stereocenters. The van der Waals surface area contributed by atoms with Crippen molar-refractivity contribution < 1.29 is 23.9 Å². The highest BCUT2D eigenvalue weighted by atomic mass is 16.5. The lowest BCUT2D eigenvalue weighted by atomic mass is 9.76. The Morgan fingerprint density at radius 1 is 1.03 bits per heavy atom. The van der Waals surface area contributed by atoms with E-state index in [-0.39, 0.29) is 35.8 Å². The molecule has 0 aliphatic carbocycles. The largest absolute Gasteiger partial charge is 0.463 e. The van der Waals surface area contributed by atoms with E-state index in [1.165, 1.54) is 0 Å². The van der Waals surface area contributed by atoms with Crippen molar-refractivity contribution in [3.63, 3.8) is 0 Å². The van der Waals surface area contributed by atoms with Gasteiger partial charge in [-0.1, -0.05) is 13.8 Å². The van der Waals surface area contributed by atoms with Crippen LogP contribution in [0.15, 0.2) is 0 Å². The topological polar surface area (TPSA) is 79.4 Å². The number of ether oxygens (including phenoxy) is 2. The molecule has 0 radical (unpaired) electrons. The first-order valence-electron chi connectivity index (χ1n) is 13.7. The van der Waals surface area contributed by atoms with E-state index in [9.17, 15) is 14.4 Å². The summed E-state index contributed by atoms with van der Waals surface area (Å²) < 4.78 is 11.9. The van der Waals surface area contributed by atoms with E-state index in [1.54, 1.807) is 21.0 Å². The van der Waals surface area contributed by atoms with Gasteiger partial charge in [0.15, 0.2) is 5.78 Å². The Balaban J connectivity index is 1.83. The number of esters is 1. The van der Waals surface area contributed by atoms with Crippen molar-refractivity contribution in [3.05, 3.63) is 0 Å². The number of cyclic esters (lactones) is 1. The van der Waals surface area contributed by atoms with Crippen LogP contribution in [0.3, 0.4) is 0 Å². The first kappa shape index (κ1) is 29.1. The smallest absolute Gasteiger partial charge is 0.319 e. The molecule has 1 amide bonds. The summed E-state index contributed by atoms with van der Waals surface area (Å²) in [4.78, 5) is 46.3. The van der Waals surface area contributed by atoms with Crippen molar-refractivity contribution in [2.75, 3.05) is 54.0 Å². The average molecular weight is 508 g/mol. The molecule has 3 rings (SSSR count). The van der Waals surface area contributed by atoms with E-state index in [2.05, 4.69) is 30.7 Å². The molecule has 206 valence electrons. The van der Waals surface area contributed by atoms with Crippen LogP contribution in [0.1, 0.15) is 73.1 Å². The first-order valence-corrected chi connectivity index (χ1v) is 13.7. The third-order valence-corrected chi connectivity index (χ3v) is 9.26. The zero-order chi connectivity index (χ0) is 26.9. The molecule has 3 fully saturated rings. The highest BCUT2D eigenvalue weighted by Crippen LogP contribution is 2.36. The monoisotopic (exact) mass is 507 g/mol. The third-order valence-electron chi connectivity index (χ3n) is 9.26. The molecule has 0 bridgehead atoms. The average Bonchev–Trinajstić information content (AvgIpc) is 3.26. The molecule has 0 N–H and O–H groups in total. The van der Waals surface area contributed by atoms with E-state index in [0.29, 0.717) is 25.4 Å². The van der Waals surface area contributed by atoms with Gasteiger partial charge in [0.25, 0.3) is 0 Å². The number of Topliss-reactive ketones (excluding diaryl/α,β-unsaturated/α-hetero) is 1. The number of likely N-dealkylation sites (tertiary alicyclic amines) is 2. The number of piperidine rings is 1. The molecule has 3 saturated heterocycles. The van der Waals surface area contributed by atoms with Crippen molar-refractivity contribution in [2.45, 2.75) is 90.3 Å². The molecule has 8 nitrogen and oxygen atoms in total. The standard InChI is InChI=1S/C28H49N3O5/c1-20-16-27(5,35-8)17-21(2)23(32)26(3,4)25(34)36-19-28(30(7)18-20)11-14-31(15-12-28)24(33)22-10-9-13-29(22)6/h20-22H,9-19H2,1-8H3/t20?,21?,22-,27?/m1/s1. The Hall–Kier alpha value is -1.51. The van der Waals surface area contributed by atoms with E-state index in [4.69, 9.17) is 9.47 Å². The van der Waals surface area contributed by atoms with Gasteiger partial charge in [0.1, 0.15) is 12.0 Å². The quantitative estimate of drug-likeness (QED) is 0.420. The number of hydrogen-bond donors (Lipinski definition) is 0. The zero-order valence-corrected chi connectivity index (χ0v) is 23.9. The minimum atomic E-state index is -1.22. The number of hydrogen-bond acceptors (Lipinski definition) is 7. The van der Waals surface area contributed by atoms with Crippen molar-refractivity contribution in [3.8, 4) is 0 Å². The summed E-state index contributed by atoms with van der Waals surface area (Å²) >= 11 is 0. The maximum atomic E-state index is 13.4. The number of amides is 1. The van der Waals surface area contributed by atoms with Crippen LogP contribution in [-0.4, -0.2) is 104 Å². The first-order chi connectivity index (χ1) is 16.7. The maximum Gasteiger partial charge on any atom is 0.319 e. The lowest BCUT2D eigenvalue weighted by molar-refractivity contribution is -0.165. The number of likely N-dealkylation sites (N-methyl/N-ethyl adjacent to an activating group) is 2. The fourth-order valence-corrected chi connectivity index (χ4v) is 6.76. The Morgan fingerprint density at radius 3 is 2.22 bits per heavy atom. The fourth-order valence-electron chi connectivity index (χ4n) is 6.76. The van der Waals surface area contributed by atoms with Crippen molar-refractivity contribution in [2.24, 2.45) is 17.3 Å². The second-order valence-electron chi connectivity index (χ2n) is 12.7. The van der Waals surface area contributed by atoms with E-state index < -0.39 is 17.0 Å². The number of nitrogens with zero attached hydrogens (tertiary/aromatic N) is 3. The van der Waals surface area contributed by atoms with Crippen LogP contribution in [0.25, 0.3) is 0 Å². The third kappa shape index (κ3) is 5.97. The Bertz CT molecular complexity index is 822. The number of carbonyl (C=O) groups is 3. The molecule has 36 heavy (non-hydrogen) atoms. The summed E-state index contributed by atoms with van der Waals surface area (Å²) in [6, 6.07) is -0.0183. The molecule has 0 aromatic heterocycles. The van der Waals surface area contributed by atoms with Crippen LogP contribution in [-0.2, 0) is 23.9 Å². The molecule has 8 heteroatoms. The van der Waals surface area contributed by atoms with Gasteiger partial charge in [-0.2, -0.15) is 0 Å². The number of methoxy groups -OCH3 is 1. The van der Waals surface area contributed by atoms with Crippen LogP contribution in [0, 0.1) is 17.3 Å². The van der Waals surface area contributed by atoms with Gasteiger partial charge in [-0.15, -0.1) is 0 Å². The molecule has 3 aliphatic heterocycles. The van der Waals surface area contributed by atoms with Gasteiger partial charge in [-0.3, -0.25) is 24.2 Å². The molecule has 3 heterocycles. The van der Waals surface area contributed by atoms with Crippen LogP contribution in [0.5, 0.6) is 0 Å².